The highest BCUT2D eigenvalue weighted by atomic mass is 16.2. The molecule has 0 aromatic carbocycles. The van der Waals surface area contributed by atoms with Gasteiger partial charge in [0.2, 0.25) is 11.8 Å². The average molecular weight is 284 g/mol. The second-order valence-corrected chi connectivity index (χ2v) is 6.99. The Hall–Kier alpha value is -1.14. The van der Waals surface area contributed by atoms with Crippen LogP contribution in [0.15, 0.2) is 0 Å². The van der Waals surface area contributed by atoms with Gasteiger partial charge in [0.05, 0.1) is 0 Å². The van der Waals surface area contributed by atoms with E-state index in [9.17, 15) is 9.59 Å². The summed E-state index contributed by atoms with van der Waals surface area (Å²) in [6.07, 6.45) is 2.98. The lowest BCUT2D eigenvalue weighted by atomic mass is 9.79. The van der Waals surface area contributed by atoms with Gasteiger partial charge in [0.1, 0.15) is 0 Å². The normalized spacial score (nSPS) is 21.2. The molecule has 0 aromatic rings. The maximum absolute atomic E-state index is 11.9. The number of rotatable bonds is 5. The molecule has 1 saturated heterocycles. The molecule has 0 unspecified atom stereocenters. The van der Waals surface area contributed by atoms with Crippen molar-refractivity contribution >= 4 is 11.8 Å². The van der Waals surface area contributed by atoms with Crippen LogP contribution in [0, 0.1) is 0 Å². The third kappa shape index (κ3) is 5.88. The fraction of sp³-hybridized carbons (Fsp3) is 0.857. The van der Waals surface area contributed by atoms with Gasteiger partial charge in [-0.05, 0) is 47.0 Å². The monoisotopic (exact) mass is 284 g/mol. The van der Waals surface area contributed by atoms with Gasteiger partial charge in [-0.1, -0.05) is 0 Å². The summed E-state index contributed by atoms with van der Waals surface area (Å²) in [6, 6.07) is 0.178. The topological polar surface area (TPSA) is 96.2 Å². The van der Waals surface area contributed by atoms with Crippen LogP contribution in [0.25, 0.3) is 0 Å². The Kier molecular flexibility index (Phi) is 5.53. The molecule has 0 saturated carbocycles. The van der Waals surface area contributed by atoms with E-state index in [0.717, 1.165) is 12.8 Å². The fourth-order valence-corrected chi connectivity index (χ4v) is 3.21. The molecular formula is C14H28N4O2. The van der Waals surface area contributed by atoms with E-state index in [1.807, 2.05) is 0 Å². The smallest absolute Gasteiger partial charge is 0.233 e. The fourth-order valence-electron chi connectivity index (χ4n) is 3.21. The van der Waals surface area contributed by atoms with Crippen LogP contribution in [0.1, 0.15) is 59.8 Å². The Labute approximate surface area is 121 Å². The molecule has 1 fully saturated rings. The summed E-state index contributed by atoms with van der Waals surface area (Å²) in [5, 5.41) is 6.66. The molecule has 0 bridgehead atoms. The number of carbonyl (C=O) groups excluding carboxylic acids is 2. The number of carbonyl (C=O) groups is 2. The lowest BCUT2D eigenvalue weighted by molar-refractivity contribution is -0.123. The van der Waals surface area contributed by atoms with Gasteiger partial charge in [-0.15, -0.1) is 0 Å². The maximum Gasteiger partial charge on any atom is 0.233 e. The van der Waals surface area contributed by atoms with Crippen LogP contribution >= 0.6 is 0 Å². The molecule has 2 amide bonds. The van der Waals surface area contributed by atoms with Crippen LogP contribution < -0.4 is 21.9 Å². The lowest BCUT2D eigenvalue weighted by Crippen LogP contribution is -2.62. The van der Waals surface area contributed by atoms with Crippen molar-refractivity contribution in [3.8, 4) is 0 Å². The van der Waals surface area contributed by atoms with Crippen LogP contribution in [0.4, 0.5) is 0 Å². The molecule has 5 N–H and O–H groups in total. The molecule has 6 nitrogen and oxygen atoms in total. The van der Waals surface area contributed by atoms with Crippen molar-refractivity contribution < 1.29 is 9.59 Å². The van der Waals surface area contributed by atoms with Gasteiger partial charge >= 0.3 is 0 Å². The highest BCUT2D eigenvalue weighted by Gasteiger charge is 2.37. The van der Waals surface area contributed by atoms with Gasteiger partial charge < -0.3 is 10.6 Å². The van der Waals surface area contributed by atoms with Gasteiger partial charge in [-0.3, -0.25) is 15.0 Å². The second kappa shape index (κ2) is 6.54. The van der Waals surface area contributed by atoms with Crippen LogP contribution in [0.2, 0.25) is 0 Å². The molecule has 0 radical (unpaired) electrons. The van der Waals surface area contributed by atoms with Crippen molar-refractivity contribution in [2.75, 3.05) is 0 Å². The van der Waals surface area contributed by atoms with Gasteiger partial charge in [0.25, 0.3) is 0 Å². The number of nitrogens with two attached hydrogens (primary N) is 1. The van der Waals surface area contributed by atoms with E-state index in [-0.39, 0.29) is 35.4 Å². The largest absolute Gasteiger partial charge is 0.353 e. The number of piperidine rings is 1. The molecule has 1 heterocycles. The van der Waals surface area contributed by atoms with E-state index in [1.165, 1.54) is 0 Å². The minimum atomic E-state index is -0.234. The number of nitrogens with one attached hydrogen (secondary N) is 3. The lowest BCUT2D eigenvalue weighted by Gasteiger charge is -2.46. The molecule has 6 heteroatoms. The first kappa shape index (κ1) is 16.9. The van der Waals surface area contributed by atoms with Gasteiger partial charge in [0, 0.05) is 30.0 Å². The standard InChI is InChI=1S/C14H28N4O2/c1-13(2)8-10(9-14(3,4)18-13)16-11(19)6-5-7-12(20)17-15/h10,18H,5-9,15H2,1-4H3,(H,16,19)(H,17,20). The average Bonchev–Trinajstić information content (AvgIpc) is 2.23. The van der Waals surface area contributed by atoms with E-state index in [2.05, 4.69) is 43.8 Å². The predicted molar refractivity (Wildman–Crippen MR) is 78.6 cm³/mol. The Bertz CT molecular complexity index is 350. The van der Waals surface area contributed by atoms with E-state index in [0.29, 0.717) is 12.8 Å². The SMILES string of the molecule is CC1(C)CC(NC(=O)CCCC(=O)NN)CC(C)(C)N1. The number of amides is 2. The Balaban J connectivity index is 2.39. The minimum absolute atomic E-state index is 0.00771. The zero-order chi connectivity index (χ0) is 15.4. The van der Waals surface area contributed by atoms with Crippen LogP contribution in [0.5, 0.6) is 0 Å². The predicted octanol–water partition coefficient (Wildman–Crippen LogP) is 0.572. The summed E-state index contributed by atoms with van der Waals surface area (Å²) in [6.45, 7) is 8.61. The first-order valence-corrected chi connectivity index (χ1v) is 7.22. The minimum Gasteiger partial charge on any atom is -0.353 e. The van der Waals surface area contributed by atoms with Crippen LogP contribution in [-0.2, 0) is 9.59 Å². The van der Waals surface area contributed by atoms with Crippen molar-refractivity contribution in [2.24, 2.45) is 5.84 Å². The molecule has 20 heavy (non-hydrogen) atoms. The Morgan fingerprint density at radius 1 is 1.10 bits per heavy atom. The highest BCUT2D eigenvalue weighted by molar-refractivity contribution is 5.78. The summed E-state index contributed by atoms with van der Waals surface area (Å²) in [5.74, 6) is 4.76. The van der Waals surface area contributed by atoms with Crippen molar-refractivity contribution in [3.63, 3.8) is 0 Å². The first-order valence-electron chi connectivity index (χ1n) is 7.22. The van der Waals surface area contributed by atoms with Crippen molar-refractivity contribution in [2.45, 2.75) is 76.9 Å². The summed E-state index contributed by atoms with van der Waals surface area (Å²) in [5.41, 5.74) is 2.09. The molecule has 1 rings (SSSR count). The van der Waals surface area contributed by atoms with E-state index in [4.69, 9.17) is 5.84 Å². The quantitative estimate of drug-likeness (QED) is 0.337. The Morgan fingerprint density at radius 3 is 2.10 bits per heavy atom. The molecule has 0 aromatic heterocycles. The third-order valence-corrected chi connectivity index (χ3v) is 3.52. The summed E-state index contributed by atoms with van der Waals surface area (Å²) in [4.78, 5) is 22.9. The van der Waals surface area contributed by atoms with Gasteiger partial charge in [0.15, 0.2) is 0 Å². The first-order chi connectivity index (χ1) is 9.13. The zero-order valence-corrected chi connectivity index (χ0v) is 13.0. The van der Waals surface area contributed by atoms with Crippen molar-refractivity contribution in [3.05, 3.63) is 0 Å². The summed E-state index contributed by atoms with van der Waals surface area (Å²) < 4.78 is 0. The molecule has 0 spiro atoms. The Morgan fingerprint density at radius 2 is 1.60 bits per heavy atom. The molecular weight excluding hydrogens is 256 g/mol. The van der Waals surface area contributed by atoms with Gasteiger partial charge in [-0.25, -0.2) is 5.84 Å². The molecule has 0 atom stereocenters. The number of hydrogen-bond acceptors (Lipinski definition) is 4. The van der Waals surface area contributed by atoms with Crippen molar-refractivity contribution in [1.29, 1.82) is 0 Å². The highest BCUT2D eigenvalue weighted by Crippen LogP contribution is 2.28. The number of hydrazine groups is 1. The maximum atomic E-state index is 11.9. The molecule has 1 aliphatic heterocycles. The van der Waals surface area contributed by atoms with E-state index in [1.54, 1.807) is 0 Å². The summed E-state index contributed by atoms with van der Waals surface area (Å²) in [7, 11) is 0. The van der Waals surface area contributed by atoms with E-state index < -0.39 is 0 Å². The summed E-state index contributed by atoms with van der Waals surface area (Å²) >= 11 is 0. The van der Waals surface area contributed by atoms with E-state index >= 15 is 0 Å². The van der Waals surface area contributed by atoms with Crippen molar-refractivity contribution in [1.82, 2.24) is 16.1 Å². The molecule has 0 aliphatic carbocycles. The van der Waals surface area contributed by atoms with Crippen LogP contribution in [0.3, 0.4) is 0 Å². The second-order valence-electron chi connectivity index (χ2n) is 6.99. The molecule has 1 aliphatic rings. The van der Waals surface area contributed by atoms with Crippen LogP contribution in [-0.4, -0.2) is 28.9 Å². The third-order valence-electron chi connectivity index (χ3n) is 3.52. The number of hydrogen-bond donors (Lipinski definition) is 4. The molecule has 116 valence electrons. The van der Waals surface area contributed by atoms with Gasteiger partial charge in [-0.2, -0.15) is 0 Å². The zero-order valence-electron chi connectivity index (χ0n) is 13.0.